The lowest BCUT2D eigenvalue weighted by atomic mass is 9.36. The Morgan fingerprint density at radius 1 is 1.02 bits per heavy atom. The van der Waals surface area contributed by atoms with Crippen molar-refractivity contribution in [3.8, 4) is 0 Å². The molecular weight excluding hydrogens is 648 g/mol. The van der Waals surface area contributed by atoms with Crippen LogP contribution in [0.15, 0.2) is 35.1 Å². The summed E-state index contributed by atoms with van der Waals surface area (Å²) in [5.74, 6) is 2.44. The molecule has 3 fully saturated rings. The molecule has 6 heteroatoms. The second-order valence-corrected chi connectivity index (χ2v) is 19.2. The quantitative estimate of drug-likeness (QED) is 0.127. The number of methoxy groups -OCH3 is 1. The van der Waals surface area contributed by atoms with Gasteiger partial charge in [-0.15, -0.1) is 0 Å². The van der Waals surface area contributed by atoms with Crippen LogP contribution in [0.3, 0.4) is 0 Å². The van der Waals surface area contributed by atoms with Gasteiger partial charge < -0.3 is 9.47 Å². The molecule has 0 spiro atoms. The molecule has 12 atom stereocenters. The highest BCUT2D eigenvalue weighted by Gasteiger charge is 2.69. The molecule has 0 radical (unpaired) electrons. The molecule has 0 saturated heterocycles. The second-order valence-electron chi connectivity index (χ2n) is 19.2. The van der Waals surface area contributed by atoms with E-state index in [1.807, 2.05) is 13.8 Å². The molecule has 0 amide bonds. The molecular formula is C46H68O6. The Hall–Kier alpha value is -2.50. The van der Waals surface area contributed by atoms with Gasteiger partial charge in [0.05, 0.1) is 31.0 Å². The number of Topliss-reactive ketones (excluding diaryl/α,β-unsaturated/α-hetero) is 3. The Morgan fingerprint density at radius 3 is 2.38 bits per heavy atom. The summed E-state index contributed by atoms with van der Waals surface area (Å²) in [7, 11) is 1.80. The third kappa shape index (κ3) is 6.63. The Morgan fingerprint density at radius 2 is 1.73 bits per heavy atom. The number of ketones is 3. The number of hydrogen-bond donors (Lipinski definition) is 0. The lowest BCUT2D eigenvalue weighted by Crippen LogP contribution is -2.66. The maximum Gasteiger partial charge on any atom is 0.308 e. The van der Waals surface area contributed by atoms with Gasteiger partial charge in [0.2, 0.25) is 0 Å². The van der Waals surface area contributed by atoms with Gasteiger partial charge in [-0.2, -0.15) is 0 Å². The molecule has 3 saturated carbocycles. The van der Waals surface area contributed by atoms with Gasteiger partial charge >= 0.3 is 5.97 Å². The zero-order chi connectivity index (χ0) is 37.7. The number of hydrogen-bond acceptors (Lipinski definition) is 6. The standard InChI is InChI=1S/C46H68O6/c1-10-52-43(50)33(22-31-14-12-11-13-15-31)19-17-32-18-21-37(51-9)35(23-32)34-20-16-27(2)39-36(34)25-44(6)26-45(7)24-28(3)38(30(5)47)42(49)46(45,8)29(4)40(44)41(39)48/h16,20-21,27,29,31-36,39-40H,10-15,17-19,22-26H2,1-9H3/t27?,29?,32?,33?,34?,35?,36?,39?,40?,44-,45+,46+/m0/s1. The summed E-state index contributed by atoms with van der Waals surface area (Å²) < 4.78 is 11.7. The normalized spacial score (nSPS) is 41.4. The fourth-order valence-corrected chi connectivity index (χ4v) is 13.6. The van der Waals surface area contributed by atoms with E-state index >= 15 is 4.79 Å². The van der Waals surface area contributed by atoms with Crippen molar-refractivity contribution in [3.63, 3.8) is 0 Å². The second kappa shape index (κ2) is 15.0. The molecule has 9 unspecified atom stereocenters. The summed E-state index contributed by atoms with van der Waals surface area (Å²) in [5.41, 5.74) is -0.0732. The average molecular weight is 717 g/mol. The molecule has 52 heavy (non-hydrogen) atoms. The van der Waals surface area contributed by atoms with Crippen molar-refractivity contribution in [2.24, 2.45) is 75.4 Å². The van der Waals surface area contributed by atoms with E-state index in [1.54, 1.807) is 7.11 Å². The van der Waals surface area contributed by atoms with Gasteiger partial charge in [0, 0.05) is 23.2 Å². The molecule has 6 aliphatic carbocycles. The number of rotatable bonds is 10. The summed E-state index contributed by atoms with van der Waals surface area (Å²) in [5, 5.41) is 0. The smallest absolute Gasteiger partial charge is 0.308 e. The molecule has 0 aromatic rings. The Bertz CT molecular complexity index is 1510. The van der Waals surface area contributed by atoms with Crippen LogP contribution in [0.2, 0.25) is 0 Å². The largest absolute Gasteiger partial charge is 0.501 e. The van der Waals surface area contributed by atoms with Crippen molar-refractivity contribution in [3.05, 3.63) is 35.1 Å². The molecule has 6 aliphatic rings. The minimum absolute atomic E-state index is 0.0153. The first-order valence-corrected chi connectivity index (χ1v) is 21.0. The monoisotopic (exact) mass is 717 g/mol. The van der Waals surface area contributed by atoms with Crippen LogP contribution in [0.25, 0.3) is 0 Å². The first-order valence-electron chi connectivity index (χ1n) is 21.0. The van der Waals surface area contributed by atoms with E-state index < -0.39 is 5.41 Å². The van der Waals surface area contributed by atoms with Crippen LogP contribution in [0.5, 0.6) is 0 Å². The van der Waals surface area contributed by atoms with Gasteiger partial charge in [-0.05, 0) is 125 Å². The molecule has 0 heterocycles. The van der Waals surface area contributed by atoms with Crippen LogP contribution in [0, 0.1) is 75.4 Å². The number of carbonyl (C=O) groups is 4. The topological polar surface area (TPSA) is 86.7 Å². The van der Waals surface area contributed by atoms with Crippen LogP contribution < -0.4 is 0 Å². The minimum atomic E-state index is -0.770. The summed E-state index contributed by atoms with van der Waals surface area (Å²) >= 11 is 0. The summed E-state index contributed by atoms with van der Waals surface area (Å²) in [4.78, 5) is 55.4. The predicted octanol–water partition coefficient (Wildman–Crippen LogP) is 10.1. The number of ether oxygens (including phenoxy) is 2. The van der Waals surface area contributed by atoms with Gasteiger partial charge in [0.15, 0.2) is 11.6 Å². The SMILES string of the molecule is CCOC(=O)C(CCC1CC=C(OC)C(C2C=CC(C)C3C(=O)C4C(C)[C@]5(C)C(=O)C(C(C)=O)=C(C)C[C@]5(C)C[C@]4(C)CC23)C1)CC1CCCCC1. The van der Waals surface area contributed by atoms with Gasteiger partial charge in [-0.3, -0.25) is 19.2 Å². The average Bonchev–Trinajstić information content (AvgIpc) is 3.08. The van der Waals surface area contributed by atoms with E-state index in [1.165, 1.54) is 39.0 Å². The van der Waals surface area contributed by atoms with Gasteiger partial charge in [0.1, 0.15) is 5.78 Å². The molecule has 6 nitrogen and oxygen atoms in total. The zero-order valence-corrected chi connectivity index (χ0v) is 33.9. The van der Waals surface area contributed by atoms with Crippen LogP contribution in [0.1, 0.15) is 139 Å². The van der Waals surface area contributed by atoms with Gasteiger partial charge in [0.25, 0.3) is 0 Å². The van der Waals surface area contributed by atoms with Gasteiger partial charge in [-0.25, -0.2) is 0 Å². The van der Waals surface area contributed by atoms with E-state index in [9.17, 15) is 14.4 Å². The maximum absolute atomic E-state index is 15.1. The van der Waals surface area contributed by atoms with Crippen molar-refractivity contribution in [1.29, 1.82) is 0 Å². The fraction of sp³-hybridized carbons (Fsp3) is 0.783. The summed E-state index contributed by atoms with van der Waals surface area (Å²) in [6, 6.07) is 0. The first kappa shape index (κ1) is 39.2. The molecule has 0 bridgehead atoms. The van der Waals surface area contributed by atoms with Gasteiger partial charge in [-0.1, -0.05) is 84.4 Å². The number of allylic oxidation sites excluding steroid dienone is 6. The summed E-state index contributed by atoms with van der Waals surface area (Å²) in [6.07, 6.45) is 20.6. The minimum Gasteiger partial charge on any atom is -0.501 e. The highest BCUT2D eigenvalue weighted by atomic mass is 16.5. The summed E-state index contributed by atoms with van der Waals surface area (Å²) in [6.45, 7) is 16.8. The number of esters is 1. The van der Waals surface area contributed by atoms with Crippen LogP contribution in [-0.4, -0.2) is 37.0 Å². The number of carbonyl (C=O) groups excluding carboxylic acids is 4. The van der Waals surface area contributed by atoms with Crippen molar-refractivity contribution in [2.45, 2.75) is 139 Å². The van der Waals surface area contributed by atoms with Crippen LogP contribution in [0.4, 0.5) is 0 Å². The fourth-order valence-electron chi connectivity index (χ4n) is 13.6. The Labute approximate surface area is 314 Å². The van der Waals surface area contributed by atoms with Crippen molar-refractivity contribution in [2.75, 3.05) is 13.7 Å². The van der Waals surface area contributed by atoms with Crippen LogP contribution >= 0.6 is 0 Å². The Balaban J connectivity index is 1.25. The molecule has 0 aliphatic heterocycles. The first-order chi connectivity index (χ1) is 24.6. The molecule has 6 rings (SSSR count). The number of fused-ring (bicyclic) bond motifs is 3. The Kier molecular flexibility index (Phi) is 11.3. The molecule has 288 valence electrons. The lowest BCUT2D eigenvalue weighted by molar-refractivity contribution is -0.186. The highest BCUT2D eigenvalue weighted by Crippen LogP contribution is 2.70. The molecule has 0 N–H and O–H groups in total. The van der Waals surface area contributed by atoms with E-state index in [2.05, 4.69) is 52.8 Å². The third-order valence-corrected chi connectivity index (χ3v) is 16.0. The maximum atomic E-state index is 15.1. The third-order valence-electron chi connectivity index (χ3n) is 16.0. The van der Waals surface area contributed by atoms with E-state index in [0.717, 1.165) is 56.3 Å². The van der Waals surface area contributed by atoms with Crippen molar-refractivity contribution >= 4 is 23.3 Å². The molecule has 0 aromatic carbocycles. The molecule has 0 aromatic heterocycles. The van der Waals surface area contributed by atoms with E-state index in [0.29, 0.717) is 36.2 Å². The lowest BCUT2D eigenvalue weighted by Gasteiger charge is -2.66. The highest BCUT2D eigenvalue weighted by molar-refractivity contribution is 6.22. The van der Waals surface area contributed by atoms with E-state index in [-0.39, 0.29) is 75.7 Å². The van der Waals surface area contributed by atoms with E-state index in [4.69, 9.17) is 9.47 Å². The van der Waals surface area contributed by atoms with Crippen molar-refractivity contribution in [1.82, 2.24) is 0 Å². The zero-order valence-electron chi connectivity index (χ0n) is 33.9. The van der Waals surface area contributed by atoms with Crippen LogP contribution in [-0.2, 0) is 28.7 Å². The predicted molar refractivity (Wildman–Crippen MR) is 205 cm³/mol. The van der Waals surface area contributed by atoms with Crippen molar-refractivity contribution < 1.29 is 28.7 Å².